The number of hydrogen-bond donors (Lipinski definition) is 2. The number of methoxy groups -OCH3 is 1. The van der Waals surface area contributed by atoms with Gasteiger partial charge in [-0.2, -0.15) is 0 Å². The van der Waals surface area contributed by atoms with Crippen molar-refractivity contribution in [2.24, 2.45) is 0 Å². The molecule has 0 aliphatic heterocycles. The maximum Gasteiger partial charge on any atom is 0.407 e. The summed E-state index contributed by atoms with van der Waals surface area (Å²) in [6.45, 7) is 11.0. The van der Waals surface area contributed by atoms with Crippen molar-refractivity contribution in [2.45, 2.75) is 58.7 Å². The molecule has 2 unspecified atom stereocenters. The second-order valence-electron chi connectivity index (χ2n) is 5.52. The normalized spacial score (nSPS) is 15.0. The zero-order valence-corrected chi connectivity index (χ0v) is 12.5. The molecule has 0 saturated carbocycles. The van der Waals surface area contributed by atoms with Gasteiger partial charge >= 0.3 is 6.09 Å². The molecule has 5 nitrogen and oxygen atoms in total. The third-order valence-electron chi connectivity index (χ3n) is 2.34. The van der Waals surface area contributed by atoms with Crippen LogP contribution in [0.5, 0.6) is 0 Å². The van der Waals surface area contributed by atoms with E-state index in [-0.39, 0.29) is 18.2 Å². The van der Waals surface area contributed by atoms with E-state index in [1.807, 2.05) is 34.6 Å². The van der Waals surface area contributed by atoms with Crippen molar-refractivity contribution in [1.29, 1.82) is 0 Å². The number of hydrogen-bond acceptors (Lipinski definition) is 4. The number of ether oxygens (including phenoxy) is 2. The fraction of sp³-hybridized carbons (Fsp3) is 0.923. The van der Waals surface area contributed by atoms with Crippen LogP contribution in [0.15, 0.2) is 0 Å². The van der Waals surface area contributed by atoms with Crippen LogP contribution >= 0.6 is 0 Å². The van der Waals surface area contributed by atoms with E-state index in [9.17, 15) is 4.79 Å². The maximum absolute atomic E-state index is 11.6. The minimum atomic E-state index is -0.459. The fourth-order valence-corrected chi connectivity index (χ4v) is 1.42. The van der Waals surface area contributed by atoms with Gasteiger partial charge in [-0.1, -0.05) is 6.92 Å². The summed E-state index contributed by atoms with van der Waals surface area (Å²) in [5, 5.41) is 6.16. The van der Waals surface area contributed by atoms with Crippen LogP contribution in [0.1, 0.15) is 41.0 Å². The Morgan fingerprint density at radius 3 is 2.39 bits per heavy atom. The number of alkyl carbamates (subject to hydrolysis) is 1. The predicted molar refractivity (Wildman–Crippen MR) is 72.8 cm³/mol. The Labute approximate surface area is 111 Å². The maximum atomic E-state index is 11.6. The minimum absolute atomic E-state index is 0.0687. The van der Waals surface area contributed by atoms with Gasteiger partial charge in [-0.3, -0.25) is 0 Å². The molecule has 2 N–H and O–H groups in total. The molecule has 5 heteroatoms. The molecule has 108 valence electrons. The van der Waals surface area contributed by atoms with E-state index in [0.29, 0.717) is 13.2 Å². The summed E-state index contributed by atoms with van der Waals surface area (Å²) in [4.78, 5) is 11.6. The van der Waals surface area contributed by atoms with Crippen LogP contribution in [0.3, 0.4) is 0 Å². The summed E-state index contributed by atoms with van der Waals surface area (Å²) in [5.74, 6) is 0. The lowest BCUT2D eigenvalue weighted by molar-refractivity contribution is 0.0501. The number of nitrogens with one attached hydrogen (secondary N) is 2. The van der Waals surface area contributed by atoms with E-state index in [1.54, 1.807) is 7.11 Å². The Balaban J connectivity index is 4.00. The van der Waals surface area contributed by atoms with Crippen LogP contribution in [0.4, 0.5) is 4.79 Å². The third-order valence-corrected chi connectivity index (χ3v) is 2.34. The monoisotopic (exact) mass is 260 g/mol. The molecule has 0 rings (SSSR count). The molecule has 0 aromatic carbocycles. The highest BCUT2D eigenvalue weighted by atomic mass is 16.6. The van der Waals surface area contributed by atoms with E-state index in [4.69, 9.17) is 9.47 Å². The molecule has 0 aliphatic carbocycles. The molecular formula is C13H28N2O3. The SMILES string of the molecule is CCC(CNC(C)COC)NC(=O)OC(C)(C)C. The van der Waals surface area contributed by atoms with Gasteiger partial charge < -0.3 is 20.1 Å². The average Bonchev–Trinajstić information content (AvgIpc) is 2.22. The average molecular weight is 260 g/mol. The van der Waals surface area contributed by atoms with Crippen LogP contribution in [0.2, 0.25) is 0 Å². The predicted octanol–water partition coefficient (Wildman–Crippen LogP) is 1.91. The number of amides is 1. The zero-order valence-electron chi connectivity index (χ0n) is 12.5. The Kier molecular flexibility index (Phi) is 7.95. The molecule has 0 saturated heterocycles. The van der Waals surface area contributed by atoms with Gasteiger partial charge in [0.05, 0.1) is 6.61 Å². The highest BCUT2D eigenvalue weighted by molar-refractivity contribution is 5.68. The van der Waals surface area contributed by atoms with Gasteiger partial charge in [-0.05, 0) is 34.1 Å². The van der Waals surface area contributed by atoms with Crippen LogP contribution in [-0.2, 0) is 9.47 Å². The molecule has 2 atom stereocenters. The van der Waals surface area contributed by atoms with E-state index in [1.165, 1.54) is 0 Å². The van der Waals surface area contributed by atoms with E-state index in [2.05, 4.69) is 10.6 Å². The van der Waals surface area contributed by atoms with Crippen LogP contribution < -0.4 is 10.6 Å². The standard InChI is InChI=1S/C13H28N2O3/c1-7-11(8-14-10(2)9-17-6)15-12(16)18-13(3,4)5/h10-11,14H,7-9H2,1-6H3,(H,15,16). The molecule has 0 aliphatic rings. The molecule has 0 bridgehead atoms. The van der Waals surface area contributed by atoms with Gasteiger partial charge in [-0.25, -0.2) is 4.79 Å². The summed E-state index contributed by atoms with van der Waals surface area (Å²) in [6.07, 6.45) is 0.488. The van der Waals surface area contributed by atoms with Gasteiger partial charge in [0.2, 0.25) is 0 Å². The molecule has 0 heterocycles. The van der Waals surface area contributed by atoms with Gasteiger partial charge in [0.1, 0.15) is 5.60 Å². The molecule has 0 spiro atoms. The first-order chi connectivity index (χ1) is 8.28. The van der Waals surface area contributed by atoms with Gasteiger partial charge in [-0.15, -0.1) is 0 Å². The summed E-state index contributed by atoms with van der Waals surface area (Å²) in [6, 6.07) is 0.337. The second kappa shape index (κ2) is 8.32. The fourth-order valence-electron chi connectivity index (χ4n) is 1.42. The van der Waals surface area contributed by atoms with Gasteiger partial charge in [0.25, 0.3) is 0 Å². The van der Waals surface area contributed by atoms with Gasteiger partial charge in [0, 0.05) is 25.7 Å². The number of carbonyl (C=O) groups excluding carboxylic acids is 1. The Morgan fingerprint density at radius 1 is 1.33 bits per heavy atom. The van der Waals surface area contributed by atoms with E-state index in [0.717, 1.165) is 6.42 Å². The molecule has 18 heavy (non-hydrogen) atoms. The first-order valence-electron chi connectivity index (χ1n) is 6.50. The quantitative estimate of drug-likeness (QED) is 0.734. The van der Waals surface area contributed by atoms with Crippen molar-refractivity contribution >= 4 is 6.09 Å². The lowest BCUT2D eigenvalue weighted by Crippen LogP contribution is -2.46. The lowest BCUT2D eigenvalue weighted by atomic mass is 10.2. The highest BCUT2D eigenvalue weighted by Crippen LogP contribution is 2.07. The molecular weight excluding hydrogens is 232 g/mol. The lowest BCUT2D eigenvalue weighted by Gasteiger charge is -2.24. The van der Waals surface area contributed by atoms with Gasteiger partial charge in [0.15, 0.2) is 0 Å². The summed E-state index contributed by atoms with van der Waals surface area (Å²) >= 11 is 0. The molecule has 0 aromatic rings. The number of carbonyl (C=O) groups is 1. The molecule has 0 radical (unpaired) electrons. The Hall–Kier alpha value is -0.810. The van der Waals surface area contributed by atoms with Crippen molar-refractivity contribution in [1.82, 2.24) is 10.6 Å². The van der Waals surface area contributed by atoms with Crippen LogP contribution in [-0.4, -0.2) is 44.0 Å². The van der Waals surface area contributed by atoms with Crippen molar-refractivity contribution in [2.75, 3.05) is 20.3 Å². The van der Waals surface area contributed by atoms with Crippen LogP contribution in [0.25, 0.3) is 0 Å². The van der Waals surface area contributed by atoms with E-state index < -0.39 is 5.60 Å². The molecule has 0 aromatic heterocycles. The third kappa shape index (κ3) is 9.24. The Bertz CT molecular complexity index is 239. The van der Waals surface area contributed by atoms with Crippen molar-refractivity contribution in [3.8, 4) is 0 Å². The smallest absolute Gasteiger partial charge is 0.407 e. The first-order valence-corrected chi connectivity index (χ1v) is 6.50. The molecule has 0 fully saturated rings. The zero-order chi connectivity index (χ0) is 14.2. The topological polar surface area (TPSA) is 59.6 Å². The summed E-state index contributed by atoms with van der Waals surface area (Å²) in [7, 11) is 1.68. The summed E-state index contributed by atoms with van der Waals surface area (Å²) in [5.41, 5.74) is -0.459. The largest absolute Gasteiger partial charge is 0.444 e. The minimum Gasteiger partial charge on any atom is -0.444 e. The first kappa shape index (κ1) is 17.2. The van der Waals surface area contributed by atoms with Crippen LogP contribution in [0, 0.1) is 0 Å². The van der Waals surface area contributed by atoms with Crippen molar-refractivity contribution in [3.63, 3.8) is 0 Å². The van der Waals surface area contributed by atoms with E-state index >= 15 is 0 Å². The van der Waals surface area contributed by atoms with Crippen molar-refractivity contribution in [3.05, 3.63) is 0 Å². The van der Waals surface area contributed by atoms with Crippen molar-refractivity contribution < 1.29 is 14.3 Å². The number of rotatable bonds is 7. The Morgan fingerprint density at radius 2 is 1.94 bits per heavy atom. The highest BCUT2D eigenvalue weighted by Gasteiger charge is 2.18. The second-order valence-corrected chi connectivity index (χ2v) is 5.52. The summed E-state index contributed by atoms with van der Waals surface area (Å²) < 4.78 is 10.3. The molecule has 1 amide bonds.